The number of nitrogens with one attached hydrogen (secondary N) is 3. The topological polar surface area (TPSA) is 86.9 Å². The molecular weight excluding hydrogens is 361 g/mol. The second-order valence-corrected chi connectivity index (χ2v) is 7.25. The number of hydrogen-bond acceptors (Lipinski definition) is 3. The monoisotopic (exact) mass is 382 g/mol. The average Bonchev–Trinajstić information content (AvgIpc) is 3.06. The Hall–Kier alpha value is -2.84. The minimum Gasteiger partial charge on any atom is -0.350 e. The zero-order chi connectivity index (χ0) is 20.2. The molecule has 146 valence electrons. The summed E-state index contributed by atoms with van der Waals surface area (Å²) in [5, 5.41) is 5.18. The van der Waals surface area contributed by atoms with Crippen LogP contribution in [0.4, 0.5) is 13.2 Å². The van der Waals surface area contributed by atoms with Crippen molar-refractivity contribution in [2.45, 2.75) is 33.5 Å². The first kappa shape index (κ1) is 20.5. The third-order valence-corrected chi connectivity index (χ3v) is 3.57. The van der Waals surface area contributed by atoms with E-state index in [4.69, 9.17) is 0 Å². The van der Waals surface area contributed by atoms with Crippen LogP contribution in [0.15, 0.2) is 30.6 Å². The Morgan fingerprint density at radius 3 is 2.44 bits per heavy atom. The average molecular weight is 382 g/mol. The molecule has 0 radical (unpaired) electrons. The van der Waals surface area contributed by atoms with Gasteiger partial charge in [0, 0.05) is 13.1 Å². The summed E-state index contributed by atoms with van der Waals surface area (Å²) in [6, 6.07) is 4.66. The molecule has 1 aromatic carbocycles. The number of carbonyl (C=O) groups is 2. The van der Waals surface area contributed by atoms with Crippen LogP contribution in [0.25, 0.3) is 0 Å². The van der Waals surface area contributed by atoms with Gasteiger partial charge in [-0.15, -0.1) is 0 Å². The van der Waals surface area contributed by atoms with E-state index in [-0.39, 0.29) is 28.9 Å². The van der Waals surface area contributed by atoms with Crippen LogP contribution in [0.1, 0.15) is 52.9 Å². The third kappa shape index (κ3) is 5.83. The summed E-state index contributed by atoms with van der Waals surface area (Å²) in [6.45, 7) is 6.11. The van der Waals surface area contributed by atoms with Gasteiger partial charge < -0.3 is 15.6 Å². The van der Waals surface area contributed by atoms with E-state index in [0.717, 1.165) is 12.1 Å². The van der Waals surface area contributed by atoms with E-state index in [2.05, 4.69) is 20.6 Å². The molecule has 0 aliphatic carbocycles. The van der Waals surface area contributed by atoms with Gasteiger partial charge in [-0.1, -0.05) is 32.9 Å². The highest BCUT2D eigenvalue weighted by molar-refractivity contribution is 6.04. The third-order valence-electron chi connectivity index (χ3n) is 3.57. The van der Waals surface area contributed by atoms with Crippen LogP contribution in [0, 0.1) is 5.41 Å². The summed E-state index contributed by atoms with van der Waals surface area (Å²) < 4.78 is 38.2. The number of benzene rings is 1. The van der Waals surface area contributed by atoms with Gasteiger partial charge in [0.15, 0.2) is 5.69 Å². The Bertz CT molecular complexity index is 822. The molecule has 0 aliphatic heterocycles. The number of rotatable bonds is 5. The van der Waals surface area contributed by atoms with Crippen molar-refractivity contribution in [3.63, 3.8) is 0 Å². The highest BCUT2D eigenvalue weighted by Crippen LogP contribution is 2.29. The van der Waals surface area contributed by atoms with Gasteiger partial charge in [-0.2, -0.15) is 13.2 Å². The van der Waals surface area contributed by atoms with Gasteiger partial charge in [-0.05, 0) is 23.1 Å². The van der Waals surface area contributed by atoms with Gasteiger partial charge in [0.1, 0.15) is 5.69 Å². The molecule has 1 heterocycles. The van der Waals surface area contributed by atoms with E-state index in [1.54, 1.807) is 0 Å². The van der Waals surface area contributed by atoms with Crippen LogP contribution in [0.3, 0.4) is 0 Å². The number of aromatic amines is 1. The molecule has 2 amide bonds. The largest absolute Gasteiger partial charge is 0.416 e. The van der Waals surface area contributed by atoms with Crippen LogP contribution in [-0.4, -0.2) is 28.3 Å². The molecule has 2 aromatic rings. The highest BCUT2D eigenvalue weighted by Gasteiger charge is 2.30. The fraction of sp³-hybridized carbons (Fsp3) is 0.389. The number of imidazole rings is 1. The Morgan fingerprint density at radius 2 is 1.81 bits per heavy atom. The number of alkyl halides is 3. The van der Waals surface area contributed by atoms with Crippen molar-refractivity contribution in [3.05, 3.63) is 53.1 Å². The summed E-state index contributed by atoms with van der Waals surface area (Å²) in [7, 11) is 0. The van der Waals surface area contributed by atoms with Gasteiger partial charge in [0.05, 0.1) is 11.9 Å². The van der Waals surface area contributed by atoms with E-state index in [1.165, 1.54) is 18.5 Å². The smallest absolute Gasteiger partial charge is 0.350 e. The molecule has 0 saturated heterocycles. The number of halogens is 3. The molecule has 6 nitrogen and oxygen atoms in total. The van der Waals surface area contributed by atoms with Crippen molar-refractivity contribution < 1.29 is 22.8 Å². The molecule has 0 aliphatic rings. The lowest BCUT2D eigenvalue weighted by Gasteiger charge is -2.18. The number of H-pyrrole nitrogens is 1. The van der Waals surface area contributed by atoms with Gasteiger partial charge in [0.25, 0.3) is 11.8 Å². The Kier molecular flexibility index (Phi) is 5.92. The fourth-order valence-electron chi connectivity index (χ4n) is 2.20. The summed E-state index contributed by atoms with van der Waals surface area (Å²) >= 11 is 0. The Balaban J connectivity index is 2.04. The molecule has 9 heteroatoms. The Labute approximate surface area is 154 Å². The van der Waals surface area contributed by atoms with E-state index < -0.39 is 23.6 Å². The van der Waals surface area contributed by atoms with Crippen molar-refractivity contribution in [2.75, 3.05) is 6.54 Å². The van der Waals surface area contributed by atoms with Crippen LogP contribution in [0.2, 0.25) is 0 Å². The molecule has 3 N–H and O–H groups in total. The maximum absolute atomic E-state index is 12.7. The lowest BCUT2D eigenvalue weighted by atomic mass is 9.97. The van der Waals surface area contributed by atoms with Crippen molar-refractivity contribution in [3.8, 4) is 0 Å². The number of nitrogens with zero attached hydrogens (tertiary/aromatic N) is 1. The van der Waals surface area contributed by atoms with Crippen LogP contribution in [0.5, 0.6) is 0 Å². The first-order chi connectivity index (χ1) is 12.5. The highest BCUT2D eigenvalue weighted by atomic mass is 19.4. The zero-order valence-corrected chi connectivity index (χ0v) is 15.2. The van der Waals surface area contributed by atoms with Crippen LogP contribution >= 0.6 is 0 Å². The molecule has 0 unspecified atom stereocenters. The van der Waals surface area contributed by atoms with Crippen LogP contribution in [-0.2, 0) is 12.7 Å². The minimum atomic E-state index is -4.46. The number of amides is 2. The molecule has 0 atom stereocenters. The van der Waals surface area contributed by atoms with Crippen molar-refractivity contribution in [2.24, 2.45) is 5.41 Å². The summed E-state index contributed by atoms with van der Waals surface area (Å²) in [6.07, 6.45) is -3.24. The van der Waals surface area contributed by atoms with E-state index in [1.807, 2.05) is 20.8 Å². The number of carbonyl (C=O) groups excluding carboxylic acids is 2. The fourth-order valence-corrected chi connectivity index (χ4v) is 2.20. The van der Waals surface area contributed by atoms with E-state index in [9.17, 15) is 22.8 Å². The first-order valence-corrected chi connectivity index (χ1v) is 8.23. The second kappa shape index (κ2) is 7.81. The predicted octanol–water partition coefficient (Wildman–Crippen LogP) is 3.13. The summed E-state index contributed by atoms with van der Waals surface area (Å²) in [5.74, 6) is -1.14. The van der Waals surface area contributed by atoms with E-state index >= 15 is 0 Å². The summed E-state index contributed by atoms with van der Waals surface area (Å²) in [4.78, 5) is 31.0. The molecule has 0 saturated carbocycles. The molecule has 0 spiro atoms. The first-order valence-electron chi connectivity index (χ1n) is 8.23. The molecule has 1 aromatic heterocycles. The van der Waals surface area contributed by atoms with Gasteiger partial charge >= 0.3 is 6.18 Å². The van der Waals surface area contributed by atoms with Crippen molar-refractivity contribution >= 4 is 11.8 Å². The quantitative estimate of drug-likeness (QED) is 0.743. The molecule has 2 rings (SSSR count). The minimum absolute atomic E-state index is 0.0478. The van der Waals surface area contributed by atoms with Crippen molar-refractivity contribution in [1.82, 2.24) is 20.6 Å². The SMILES string of the molecule is CC(C)(C)CNC(=O)c1nc[nH]c1C(=O)NCc1cccc(C(F)(F)F)c1. The maximum Gasteiger partial charge on any atom is 0.416 e. The van der Waals surface area contributed by atoms with Crippen LogP contribution < -0.4 is 10.6 Å². The number of aromatic nitrogens is 2. The maximum atomic E-state index is 12.7. The molecule has 27 heavy (non-hydrogen) atoms. The zero-order valence-electron chi connectivity index (χ0n) is 15.2. The van der Waals surface area contributed by atoms with E-state index in [0.29, 0.717) is 6.54 Å². The lowest BCUT2D eigenvalue weighted by molar-refractivity contribution is -0.137. The predicted molar refractivity (Wildman–Crippen MR) is 93.0 cm³/mol. The standard InChI is InChI=1S/C18H21F3N4O2/c1-17(2,3)9-23-16(27)14-13(24-10-25-14)15(26)22-8-11-5-4-6-12(7-11)18(19,20)21/h4-7,10H,8-9H2,1-3H3,(H,22,26)(H,23,27)(H,24,25). The Morgan fingerprint density at radius 1 is 1.11 bits per heavy atom. The summed E-state index contributed by atoms with van der Waals surface area (Å²) in [5.41, 5.74) is -0.763. The van der Waals surface area contributed by atoms with Gasteiger partial charge in [0.2, 0.25) is 0 Å². The molecular formula is C18H21F3N4O2. The van der Waals surface area contributed by atoms with Gasteiger partial charge in [-0.3, -0.25) is 9.59 Å². The molecule has 0 bridgehead atoms. The number of hydrogen-bond donors (Lipinski definition) is 3. The van der Waals surface area contributed by atoms with Gasteiger partial charge in [-0.25, -0.2) is 4.98 Å². The second-order valence-electron chi connectivity index (χ2n) is 7.25. The molecule has 0 fully saturated rings. The lowest BCUT2D eigenvalue weighted by Crippen LogP contribution is -2.34. The van der Waals surface area contributed by atoms with Crippen molar-refractivity contribution in [1.29, 1.82) is 0 Å². The normalized spacial score (nSPS) is 11.9.